The second-order valence-corrected chi connectivity index (χ2v) is 6.97. The summed E-state index contributed by atoms with van der Waals surface area (Å²) in [6.07, 6.45) is 1.78. The molecule has 1 aliphatic heterocycles. The molecule has 0 spiro atoms. The number of aryl methyl sites for hydroxylation is 2. The van der Waals surface area contributed by atoms with Crippen LogP contribution in [-0.2, 0) is 13.6 Å². The fourth-order valence-corrected chi connectivity index (χ4v) is 3.85. The van der Waals surface area contributed by atoms with Gasteiger partial charge in [0, 0.05) is 31.4 Å². The Morgan fingerprint density at radius 1 is 1.35 bits per heavy atom. The first-order valence-corrected chi connectivity index (χ1v) is 9.02. The van der Waals surface area contributed by atoms with Crippen LogP contribution >= 0.6 is 11.3 Å². The molecule has 3 aromatic rings. The van der Waals surface area contributed by atoms with Gasteiger partial charge in [0.2, 0.25) is 0 Å². The largest absolute Gasteiger partial charge is 0.486 e. The summed E-state index contributed by atoms with van der Waals surface area (Å²) in [4.78, 5) is 17.4. The number of nitrogens with zero attached hydrogens (tertiary/aromatic N) is 4. The summed E-state index contributed by atoms with van der Waals surface area (Å²) in [7, 11) is 1.80. The molecule has 0 aliphatic carbocycles. The van der Waals surface area contributed by atoms with Crippen LogP contribution in [0.1, 0.15) is 16.2 Å². The maximum absolute atomic E-state index is 12.5. The Morgan fingerprint density at radius 3 is 2.73 bits per heavy atom. The Balaban J connectivity index is 1.86. The minimum absolute atomic E-state index is 0.332. The zero-order valence-electron chi connectivity index (χ0n) is 14.6. The summed E-state index contributed by atoms with van der Waals surface area (Å²) < 4.78 is 15.9. The van der Waals surface area contributed by atoms with Gasteiger partial charge in [-0.2, -0.15) is 10.1 Å². The van der Waals surface area contributed by atoms with Crippen LogP contribution in [0.5, 0.6) is 11.5 Å². The molecular weight excluding hydrogens is 352 g/mol. The van der Waals surface area contributed by atoms with Crippen molar-refractivity contribution in [2.24, 2.45) is 12.0 Å². The van der Waals surface area contributed by atoms with Crippen molar-refractivity contribution in [3.05, 3.63) is 47.0 Å². The molecule has 2 aromatic heterocycles. The highest BCUT2D eigenvalue weighted by molar-refractivity contribution is 7.16. The van der Waals surface area contributed by atoms with E-state index in [1.807, 2.05) is 23.6 Å². The number of fused-ring (bicyclic) bond motifs is 2. The molecule has 1 aromatic carbocycles. The zero-order chi connectivity index (χ0) is 18.3. The van der Waals surface area contributed by atoms with Gasteiger partial charge in [-0.25, -0.2) is 0 Å². The van der Waals surface area contributed by atoms with E-state index in [1.54, 1.807) is 23.9 Å². The van der Waals surface area contributed by atoms with Gasteiger partial charge in [-0.1, -0.05) is 17.4 Å². The molecule has 0 bridgehead atoms. The normalized spacial score (nSPS) is 14.0. The highest BCUT2D eigenvalue weighted by Crippen LogP contribution is 2.35. The molecule has 0 radical (unpaired) electrons. The topological polar surface area (TPSA) is 70.6 Å². The molecule has 134 valence electrons. The molecule has 8 heteroatoms. The third kappa shape index (κ3) is 2.82. The summed E-state index contributed by atoms with van der Waals surface area (Å²) in [5, 5.41) is 4.21. The molecule has 0 fully saturated rings. The minimum Gasteiger partial charge on any atom is -0.486 e. The van der Waals surface area contributed by atoms with Crippen molar-refractivity contribution in [1.29, 1.82) is 0 Å². The Morgan fingerprint density at radius 2 is 2.08 bits per heavy atom. The van der Waals surface area contributed by atoms with Crippen LogP contribution in [0.3, 0.4) is 0 Å². The molecule has 7 nitrogen and oxygen atoms in total. The predicted molar refractivity (Wildman–Crippen MR) is 98.8 cm³/mol. The lowest BCUT2D eigenvalue weighted by Gasteiger charge is -2.18. The standard InChI is InChI=1S/C18H18N4O3S/c1-4-5-22-13-9-14-15(25-7-6-24-14)10-16(13)26-18(22)19-17(23)12-8-11(2)21(3)20-12/h4,8-10H,1,5-7H2,2-3H3. The molecule has 0 atom stereocenters. The summed E-state index contributed by atoms with van der Waals surface area (Å²) >= 11 is 1.43. The van der Waals surface area contributed by atoms with E-state index in [0.717, 1.165) is 15.9 Å². The second-order valence-electron chi connectivity index (χ2n) is 5.96. The summed E-state index contributed by atoms with van der Waals surface area (Å²) in [5.74, 6) is 1.06. The monoisotopic (exact) mass is 370 g/mol. The second kappa shape index (κ2) is 6.45. The first-order valence-electron chi connectivity index (χ1n) is 8.20. The molecule has 0 saturated heterocycles. The average molecular weight is 370 g/mol. The van der Waals surface area contributed by atoms with Gasteiger partial charge >= 0.3 is 0 Å². The first kappa shape index (κ1) is 16.6. The van der Waals surface area contributed by atoms with Gasteiger partial charge in [-0.05, 0) is 13.0 Å². The van der Waals surface area contributed by atoms with Crippen molar-refractivity contribution in [2.45, 2.75) is 13.5 Å². The molecule has 1 aliphatic rings. The highest BCUT2D eigenvalue weighted by atomic mass is 32.1. The van der Waals surface area contributed by atoms with E-state index in [1.165, 1.54) is 11.3 Å². The van der Waals surface area contributed by atoms with E-state index in [4.69, 9.17) is 9.47 Å². The predicted octanol–water partition coefficient (Wildman–Crippen LogP) is 2.44. The number of hydrogen-bond donors (Lipinski definition) is 0. The first-order chi connectivity index (χ1) is 12.6. The van der Waals surface area contributed by atoms with Crippen LogP contribution in [0, 0.1) is 6.92 Å². The number of hydrogen-bond acceptors (Lipinski definition) is 5. The third-order valence-corrected chi connectivity index (χ3v) is 5.23. The van der Waals surface area contributed by atoms with E-state index < -0.39 is 0 Å². The number of benzene rings is 1. The van der Waals surface area contributed by atoms with Crippen LogP contribution in [0.15, 0.2) is 35.8 Å². The fraction of sp³-hybridized carbons (Fsp3) is 0.278. The number of amides is 1. The number of allylic oxidation sites excluding steroid dienone is 1. The Labute approximate surface area is 153 Å². The van der Waals surface area contributed by atoms with Crippen LogP contribution in [0.4, 0.5) is 0 Å². The number of carbonyl (C=O) groups excluding carboxylic acids is 1. The number of ether oxygens (including phenoxy) is 2. The number of carbonyl (C=O) groups is 1. The maximum atomic E-state index is 12.5. The number of rotatable bonds is 3. The lowest BCUT2D eigenvalue weighted by Crippen LogP contribution is -2.17. The molecule has 0 saturated carbocycles. The number of thiazole rings is 1. The van der Waals surface area contributed by atoms with Crippen molar-refractivity contribution in [2.75, 3.05) is 13.2 Å². The highest BCUT2D eigenvalue weighted by Gasteiger charge is 2.17. The molecule has 4 rings (SSSR count). The van der Waals surface area contributed by atoms with Crippen molar-refractivity contribution >= 4 is 27.5 Å². The zero-order valence-corrected chi connectivity index (χ0v) is 15.4. The van der Waals surface area contributed by atoms with Gasteiger partial charge in [-0.15, -0.1) is 6.58 Å². The van der Waals surface area contributed by atoms with E-state index in [2.05, 4.69) is 16.7 Å². The van der Waals surface area contributed by atoms with Crippen molar-refractivity contribution < 1.29 is 14.3 Å². The lowest BCUT2D eigenvalue weighted by molar-refractivity contribution is 0.0992. The molecule has 3 heterocycles. The van der Waals surface area contributed by atoms with Crippen molar-refractivity contribution in [3.8, 4) is 11.5 Å². The van der Waals surface area contributed by atoms with E-state index in [9.17, 15) is 4.79 Å². The van der Waals surface area contributed by atoms with Crippen LogP contribution in [-0.4, -0.2) is 33.5 Å². The molecule has 1 amide bonds. The van der Waals surface area contributed by atoms with Crippen LogP contribution in [0.2, 0.25) is 0 Å². The van der Waals surface area contributed by atoms with Gasteiger partial charge < -0.3 is 14.0 Å². The lowest BCUT2D eigenvalue weighted by atomic mass is 10.2. The van der Waals surface area contributed by atoms with Gasteiger partial charge in [0.1, 0.15) is 13.2 Å². The molecule has 26 heavy (non-hydrogen) atoms. The molecule has 0 unspecified atom stereocenters. The summed E-state index contributed by atoms with van der Waals surface area (Å²) in [6, 6.07) is 5.60. The van der Waals surface area contributed by atoms with Crippen LogP contribution in [0.25, 0.3) is 10.2 Å². The van der Waals surface area contributed by atoms with Crippen molar-refractivity contribution in [1.82, 2.24) is 14.3 Å². The van der Waals surface area contributed by atoms with Crippen molar-refractivity contribution in [3.63, 3.8) is 0 Å². The SMILES string of the molecule is C=CCn1c(=NC(=O)c2cc(C)n(C)n2)sc2cc3c(cc21)OCCO3. The van der Waals surface area contributed by atoms with E-state index >= 15 is 0 Å². The van der Waals surface area contributed by atoms with Gasteiger partial charge in [0.05, 0.1) is 10.2 Å². The minimum atomic E-state index is -0.365. The van der Waals surface area contributed by atoms with E-state index in [-0.39, 0.29) is 5.91 Å². The fourth-order valence-electron chi connectivity index (χ4n) is 2.81. The Kier molecular flexibility index (Phi) is 4.12. The Bertz CT molecular complexity index is 1070. The maximum Gasteiger partial charge on any atom is 0.300 e. The van der Waals surface area contributed by atoms with Gasteiger partial charge in [0.25, 0.3) is 5.91 Å². The van der Waals surface area contributed by atoms with Gasteiger partial charge in [0.15, 0.2) is 22.0 Å². The molecular formula is C18H18N4O3S. The smallest absolute Gasteiger partial charge is 0.300 e. The van der Waals surface area contributed by atoms with E-state index in [0.29, 0.717) is 41.8 Å². The summed E-state index contributed by atoms with van der Waals surface area (Å²) in [6.45, 7) is 7.30. The summed E-state index contributed by atoms with van der Waals surface area (Å²) in [5.41, 5.74) is 2.17. The number of aromatic nitrogens is 3. The third-order valence-electron chi connectivity index (χ3n) is 4.19. The quantitative estimate of drug-likeness (QED) is 0.664. The molecule has 0 N–H and O–H groups in total. The Hall–Kier alpha value is -2.87. The van der Waals surface area contributed by atoms with Crippen LogP contribution < -0.4 is 14.3 Å². The van der Waals surface area contributed by atoms with Gasteiger partial charge in [-0.3, -0.25) is 9.48 Å². The average Bonchev–Trinajstić information content (AvgIpc) is 3.13.